The number of aliphatic hydroxyl groups excluding tert-OH is 1. The largest absolute Gasteiger partial charge is 0.392 e. The molecule has 0 aromatic heterocycles. The Morgan fingerprint density at radius 3 is 2.64 bits per heavy atom. The lowest BCUT2D eigenvalue weighted by atomic mass is 9.86. The average Bonchev–Trinajstić information content (AvgIpc) is 1.85. The zero-order valence-corrected chi connectivity index (χ0v) is 6.92. The van der Waals surface area contributed by atoms with E-state index < -0.39 is 12.0 Å². The number of amides is 1. The fourth-order valence-electron chi connectivity index (χ4n) is 1.43. The molecule has 3 nitrogen and oxygen atoms in total. The fourth-order valence-corrected chi connectivity index (χ4v) is 1.74. The Hall–Kier alpha value is -0.280. The van der Waals surface area contributed by atoms with Crippen LogP contribution < -0.4 is 5.73 Å². The molecule has 3 atom stereocenters. The minimum atomic E-state index is -0.635. The molecule has 1 fully saturated rings. The van der Waals surface area contributed by atoms with Gasteiger partial charge in [0.1, 0.15) is 0 Å². The molecule has 3 N–H and O–H groups in total. The summed E-state index contributed by atoms with van der Waals surface area (Å²) in [7, 11) is 0. The zero-order chi connectivity index (χ0) is 8.43. The minimum absolute atomic E-state index is 0.000556. The first-order chi connectivity index (χ1) is 5.11. The van der Waals surface area contributed by atoms with Gasteiger partial charge in [0.05, 0.1) is 12.0 Å². The first-order valence-electron chi connectivity index (χ1n) is 3.72. The summed E-state index contributed by atoms with van der Waals surface area (Å²) < 4.78 is 0. The van der Waals surface area contributed by atoms with E-state index in [-0.39, 0.29) is 11.3 Å². The molecule has 0 bridgehead atoms. The highest BCUT2D eigenvalue weighted by molar-refractivity contribution is 6.20. The number of aliphatic hydroxyl groups is 1. The summed E-state index contributed by atoms with van der Waals surface area (Å²) in [4.78, 5) is 10.7. The van der Waals surface area contributed by atoms with Crippen molar-refractivity contribution in [1.82, 2.24) is 0 Å². The van der Waals surface area contributed by atoms with Crippen LogP contribution in [0.15, 0.2) is 0 Å². The minimum Gasteiger partial charge on any atom is -0.392 e. The van der Waals surface area contributed by atoms with Gasteiger partial charge in [-0.25, -0.2) is 0 Å². The van der Waals surface area contributed by atoms with E-state index in [9.17, 15) is 9.90 Å². The number of carbonyl (C=O) groups is 1. The van der Waals surface area contributed by atoms with Crippen molar-refractivity contribution in [3.05, 3.63) is 0 Å². The summed E-state index contributed by atoms with van der Waals surface area (Å²) in [6, 6.07) is 0. The molecule has 0 radical (unpaired) electrons. The van der Waals surface area contributed by atoms with Gasteiger partial charge < -0.3 is 10.8 Å². The van der Waals surface area contributed by atoms with Crippen molar-refractivity contribution >= 4 is 17.5 Å². The standard InChI is InChI=1S/C7H12ClNO2/c8-4-1-2-5(7(9)11)6(10)3-4/h4-6,10H,1-3H2,(H2,9,11). The van der Waals surface area contributed by atoms with Crippen molar-refractivity contribution < 1.29 is 9.90 Å². The summed E-state index contributed by atoms with van der Waals surface area (Å²) >= 11 is 5.77. The van der Waals surface area contributed by atoms with Gasteiger partial charge in [0.15, 0.2) is 0 Å². The predicted molar refractivity (Wildman–Crippen MR) is 42.2 cm³/mol. The molecule has 11 heavy (non-hydrogen) atoms. The quantitative estimate of drug-likeness (QED) is 0.564. The highest BCUT2D eigenvalue weighted by atomic mass is 35.5. The van der Waals surface area contributed by atoms with Crippen LogP contribution in [-0.2, 0) is 4.79 Å². The van der Waals surface area contributed by atoms with Crippen LogP contribution in [0.4, 0.5) is 0 Å². The number of alkyl halides is 1. The number of rotatable bonds is 1. The van der Waals surface area contributed by atoms with Crippen LogP contribution in [-0.4, -0.2) is 22.5 Å². The summed E-state index contributed by atoms with van der Waals surface area (Å²) in [5.41, 5.74) is 5.06. The molecular formula is C7H12ClNO2. The fraction of sp³-hybridized carbons (Fsp3) is 0.857. The molecule has 0 heterocycles. The number of hydrogen-bond donors (Lipinski definition) is 2. The molecule has 64 valence electrons. The van der Waals surface area contributed by atoms with E-state index >= 15 is 0 Å². The Labute approximate surface area is 70.5 Å². The van der Waals surface area contributed by atoms with Crippen LogP contribution >= 0.6 is 11.6 Å². The molecule has 0 aliphatic heterocycles. The van der Waals surface area contributed by atoms with Crippen LogP contribution in [0.3, 0.4) is 0 Å². The molecule has 1 aliphatic rings. The van der Waals surface area contributed by atoms with Gasteiger partial charge in [-0.2, -0.15) is 0 Å². The Kier molecular flexibility index (Phi) is 2.73. The molecule has 1 amide bonds. The molecule has 3 unspecified atom stereocenters. The SMILES string of the molecule is NC(=O)C1CCC(Cl)CC1O. The summed E-state index contributed by atoms with van der Waals surface area (Å²) in [6.07, 6.45) is 1.23. The van der Waals surface area contributed by atoms with E-state index in [1.165, 1.54) is 0 Å². The molecule has 1 rings (SSSR count). The highest BCUT2D eigenvalue weighted by Gasteiger charge is 2.31. The topological polar surface area (TPSA) is 63.3 Å². The van der Waals surface area contributed by atoms with E-state index in [1.807, 2.05) is 0 Å². The predicted octanol–water partition coefficient (Wildman–Crippen LogP) is 0.240. The van der Waals surface area contributed by atoms with Crippen LogP contribution in [0.1, 0.15) is 19.3 Å². The van der Waals surface area contributed by atoms with Crippen LogP contribution in [0, 0.1) is 5.92 Å². The zero-order valence-electron chi connectivity index (χ0n) is 6.16. The number of halogens is 1. The second-order valence-corrected chi connectivity index (χ2v) is 3.60. The van der Waals surface area contributed by atoms with Crippen LogP contribution in [0.5, 0.6) is 0 Å². The van der Waals surface area contributed by atoms with Gasteiger partial charge in [0, 0.05) is 5.38 Å². The smallest absolute Gasteiger partial charge is 0.223 e. The summed E-state index contributed by atoms with van der Waals surface area (Å²) in [5, 5.41) is 9.33. The normalized spacial score (nSPS) is 38.5. The molecule has 4 heteroatoms. The van der Waals surface area contributed by atoms with Crippen molar-refractivity contribution in [2.75, 3.05) is 0 Å². The first-order valence-corrected chi connectivity index (χ1v) is 4.16. The maximum atomic E-state index is 10.7. The Bertz CT molecular complexity index is 163. The van der Waals surface area contributed by atoms with E-state index in [2.05, 4.69) is 0 Å². The molecule has 0 saturated heterocycles. The van der Waals surface area contributed by atoms with Crippen molar-refractivity contribution in [3.8, 4) is 0 Å². The van der Waals surface area contributed by atoms with Crippen molar-refractivity contribution in [1.29, 1.82) is 0 Å². The summed E-state index contributed by atoms with van der Waals surface area (Å²) in [6.45, 7) is 0. The molecule has 0 aromatic rings. The van der Waals surface area contributed by atoms with Gasteiger partial charge in [-0.15, -0.1) is 11.6 Å². The van der Waals surface area contributed by atoms with Gasteiger partial charge in [-0.3, -0.25) is 4.79 Å². The Morgan fingerprint density at radius 1 is 1.55 bits per heavy atom. The number of primary amides is 1. The summed E-state index contributed by atoms with van der Waals surface area (Å²) in [5.74, 6) is -0.800. The third-order valence-corrected chi connectivity index (χ3v) is 2.51. The van der Waals surface area contributed by atoms with E-state index in [1.54, 1.807) is 0 Å². The van der Waals surface area contributed by atoms with Crippen molar-refractivity contribution in [2.45, 2.75) is 30.7 Å². The second kappa shape index (κ2) is 3.41. The highest BCUT2D eigenvalue weighted by Crippen LogP contribution is 2.27. The Morgan fingerprint density at radius 2 is 2.18 bits per heavy atom. The van der Waals surface area contributed by atoms with Crippen molar-refractivity contribution in [3.63, 3.8) is 0 Å². The molecule has 1 aliphatic carbocycles. The van der Waals surface area contributed by atoms with E-state index in [0.717, 1.165) is 6.42 Å². The average molecular weight is 178 g/mol. The monoisotopic (exact) mass is 177 g/mol. The maximum Gasteiger partial charge on any atom is 0.223 e. The lowest BCUT2D eigenvalue weighted by Gasteiger charge is -2.27. The number of nitrogens with two attached hydrogens (primary N) is 1. The van der Waals surface area contributed by atoms with Gasteiger partial charge in [0.25, 0.3) is 0 Å². The van der Waals surface area contributed by atoms with E-state index in [4.69, 9.17) is 17.3 Å². The van der Waals surface area contributed by atoms with Crippen molar-refractivity contribution in [2.24, 2.45) is 11.7 Å². The van der Waals surface area contributed by atoms with Gasteiger partial charge in [-0.05, 0) is 19.3 Å². The van der Waals surface area contributed by atoms with Gasteiger partial charge in [-0.1, -0.05) is 0 Å². The van der Waals surface area contributed by atoms with Gasteiger partial charge >= 0.3 is 0 Å². The van der Waals surface area contributed by atoms with Gasteiger partial charge in [0.2, 0.25) is 5.91 Å². The molecule has 0 spiro atoms. The first kappa shape index (κ1) is 8.81. The molecular weight excluding hydrogens is 166 g/mol. The number of carbonyl (C=O) groups excluding carboxylic acids is 1. The lowest BCUT2D eigenvalue weighted by Crippen LogP contribution is -2.38. The van der Waals surface area contributed by atoms with Crippen LogP contribution in [0.2, 0.25) is 0 Å². The second-order valence-electron chi connectivity index (χ2n) is 2.99. The molecule has 1 saturated carbocycles. The third kappa shape index (κ3) is 2.07. The van der Waals surface area contributed by atoms with Crippen LogP contribution in [0.25, 0.3) is 0 Å². The lowest BCUT2D eigenvalue weighted by molar-refractivity contribution is -0.126. The number of hydrogen-bond acceptors (Lipinski definition) is 2. The Balaban J connectivity index is 2.50. The molecule has 0 aromatic carbocycles. The maximum absolute atomic E-state index is 10.7. The van der Waals surface area contributed by atoms with E-state index in [0.29, 0.717) is 12.8 Å². The third-order valence-electron chi connectivity index (χ3n) is 2.12.